The Kier molecular flexibility index (Phi) is 5.29. The number of nitrogens with two attached hydrogens (primary N) is 1. The first kappa shape index (κ1) is 23.5. The number of phenols is 1. The number of hydrogen-bond acceptors (Lipinski definition) is 10. The van der Waals surface area contributed by atoms with E-state index in [0.717, 1.165) is 6.07 Å². The molecule has 3 aliphatic carbocycles. The minimum atomic E-state index is -2.71. The molecule has 1 aromatic carbocycles. The van der Waals surface area contributed by atoms with Crippen LogP contribution in [0.5, 0.6) is 5.75 Å². The van der Waals surface area contributed by atoms with Gasteiger partial charge in [0.05, 0.1) is 24.3 Å². The number of ether oxygens (including phenoxy) is 1. The van der Waals surface area contributed by atoms with Crippen LogP contribution in [0.3, 0.4) is 0 Å². The number of rotatable bonds is 3. The van der Waals surface area contributed by atoms with E-state index < -0.39 is 69.8 Å². The molecular weight excluding hydrogens is 448 g/mol. The molecule has 1 aromatic rings. The zero-order valence-electron chi connectivity index (χ0n) is 18.7. The van der Waals surface area contributed by atoms with E-state index in [2.05, 4.69) is 0 Å². The highest BCUT2D eigenvalue weighted by Gasteiger charge is 2.64. The number of phenolic OH excluding ortho intramolecular Hbond substituents is 1. The van der Waals surface area contributed by atoms with Gasteiger partial charge in [-0.25, -0.2) is 4.79 Å². The first-order valence-corrected chi connectivity index (χ1v) is 10.5. The molecule has 4 atom stereocenters. The summed E-state index contributed by atoms with van der Waals surface area (Å²) >= 11 is 0. The first-order valence-electron chi connectivity index (χ1n) is 10.5. The summed E-state index contributed by atoms with van der Waals surface area (Å²) in [5.41, 5.74) is 1.57. The van der Waals surface area contributed by atoms with Crippen molar-refractivity contribution in [3.05, 3.63) is 45.7 Å². The van der Waals surface area contributed by atoms with Gasteiger partial charge in [0.1, 0.15) is 22.8 Å². The highest BCUT2D eigenvalue weighted by Crippen LogP contribution is 2.52. The van der Waals surface area contributed by atoms with E-state index in [1.807, 2.05) is 0 Å². The fourth-order valence-electron chi connectivity index (χ4n) is 5.55. The van der Waals surface area contributed by atoms with E-state index in [1.54, 1.807) is 0 Å². The predicted molar refractivity (Wildman–Crippen MR) is 116 cm³/mol. The van der Waals surface area contributed by atoms with Gasteiger partial charge in [0, 0.05) is 11.5 Å². The lowest BCUT2D eigenvalue weighted by molar-refractivity contribution is -0.153. The highest BCUT2D eigenvalue weighted by atomic mass is 16.5. The predicted octanol–water partition coefficient (Wildman–Crippen LogP) is -0.249. The van der Waals surface area contributed by atoms with Gasteiger partial charge in [0.15, 0.2) is 11.4 Å². The quantitative estimate of drug-likeness (QED) is 0.290. The lowest BCUT2D eigenvalue weighted by atomic mass is 9.57. The van der Waals surface area contributed by atoms with E-state index in [1.165, 1.54) is 32.2 Å². The van der Waals surface area contributed by atoms with Crippen molar-refractivity contribution in [1.82, 2.24) is 4.90 Å². The van der Waals surface area contributed by atoms with Crippen molar-refractivity contribution in [2.75, 3.05) is 21.2 Å². The second-order valence-electron chi connectivity index (χ2n) is 8.94. The van der Waals surface area contributed by atoms with Gasteiger partial charge < -0.3 is 30.9 Å². The summed E-state index contributed by atoms with van der Waals surface area (Å²) in [4.78, 5) is 52.4. The molecule has 0 bridgehead atoms. The number of methoxy groups -OCH3 is 1. The number of amides is 1. The Hall–Kier alpha value is -3.70. The fraction of sp³-hybridized carbons (Fsp3) is 0.391. The van der Waals surface area contributed by atoms with E-state index >= 15 is 0 Å². The highest BCUT2D eigenvalue weighted by molar-refractivity contribution is 6.24. The summed E-state index contributed by atoms with van der Waals surface area (Å²) in [7, 11) is 4.21. The number of hydrogen-bond donors (Lipinski definition) is 5. The molecule has 0 saturated heterocycles. The Morgan fingerprint density at radius 3 is 2.38 bits per heavy atom. The molecule has 3 aliphatic rings. The maximum atomic E-state index is 13.7. The number of nitrogens with zero attached hydrogens (tertiary/aromatic N) is 1. The maximum Gasteiger partial charge on any atom is 0.338 e. The number of aliphatic hydroxyl groups excluding tert-OH is 2. The van der Waals surface area contributed by atoms with Crippen molar-refractivity contribution in [1.29, 1.82) is 0 Å². The third kappa shape index (κ3) is 2.90. The number of aliphatic hydroxyl groups is 3. The van der Waals surface area contributed by atoms with Crippen LogP contribution in [0.15, 0.2) is 29.0 Å². The smallest absolute Gasteiger partial charge is 0.338 e. The van der Waals surface area contributed by atoms with Crippen molar-refractivity contribution in [2.24, 2.45) is 17.6 Å². The number of benzene rings is 1. The second-order valence-corrected chi connectivity index (χ2v) is 8.94. The molecule has 4 rings (SSSR count). The first-order chi connectivity index (χ1) is 15.9. The third-order valence-electron chi connectivity index (χ3n) is 7.01. The summed E-state index contributed by atoms with van der Waals surface area (Å²) in [5.74, 6) is -8.15. The lowest BCUT2D eigenvalue weighted by Crippen LogP contribution is -2.65. The molecule has 0 heterocycles. The van der Waals surface area contributed by atoms with E-state index in [4.69, 9.17) is 10.5 Å². The van der Waals surface area contributed by atoms with Gasteiger partial charge in [-0.05, 0) is 50.6 Å². The summed E-state index contributed by atoms with van der Waals surface area (Å²) in [6, 6.07) is 1.32. The molecule has 0 radical (unpaired) electrons. The van der Waals surface area contributed by atoms with Gasteiger partial charge in [-0.15, -0.1) is 0 Å². The Bertz CT molecular complexity index is 1230. The van der Waals surface area contributed by atoms with Crippen LogP contribution in [0.1, 0.15) is 27.9 Å². The second kappa shape index (κ2) is 7.67. The van der Waals surface area contributed by atoms with Gasteiger partial charge in [0.2, 0.25) is 5.78 Å². The topological polar surface area (TPSA) is 188 Å². The van der Waals surface area contributed by atoms with Crippen molar-refractivity contribution in [3.8, 4) is 5.75 Å². The van der Waals surface area contributed by atoms with Crippen LogP contribution in [0, 0.1) is 11.8 Å². The number of likely N-dealkylation sites (N-methyl/N-ethyl adjacent to an activating group) is 1. The standard InChI is InChI=1S/C23H24N2O9/c1-25(2)16-11-7-8-6-10-9(22(32)34-3)4-5-12(26)14(10)17(27)13(8)19(29)23(11,33)20(30)15(18(16)28)21(24)31/h4-5,8,11,16,26-27,30,33H,6-7H2,1-3H3,(H2,24,31)/t8-,11-,16-,23-/m1/s1. The lowest BCUT2D eigenvalue weighted by Gasteiger charge is -2.50. The maximum absolute atomic E-state index is 13.7. The van der Waals surface area contributed by atoms with Crippen LogP contribution in [-0.2, 0) is 25.5 Å². The largest absolute Gasteiger partial charge is 0.508 e. The zero-order valence-corrected chi connectivity index (χ0v) is 18.7. The van der Waals surface area contributed by atoms with E-state index in [0.29, 0.717) is 0 Å². The van der Waals surface area contributed by atoms with Gasteiger partial charge in [-0.1, -0.05) is 0 Å². The number of ketones is 2. The molecule has 0 unspecified atom stereocenters. The molecule has 6 N–H and O–H groups in total. The van der Waals surface area contributed by atoms with Crippen molar-refractivity contribution in [3.63, 3.8) is 0 Å². The number of carbonyl (C=O) groups is 4. The Labute approximate surface area is 193 Å². The molecule has 11 heteroatoms. The SMILES string of the molecule is COC(=O)c1ccc(O)c2c1C[C@@H]1C[C@@H]3[C@@H](N(C)C)C(=O)C(C(N)=O)=C(O)[C@]3(O)C(=O)C1=C2O. The van der Waals surface area contributed by atoms with Crippen LogP contribution < -0.4 is 5.73 Å². The average Bonchev–Trinajstić information content (AvgIpc) is 2.75. The molecule has 0 aromatic heterocycles. The molecule has 34 heavy (non-hydrogen) atoms. The number of carbonyl (C=O) groups excluding carboxylic acids is 4. The minimum absolute atomic E-state index is 0.00731. The Morgan fingerprint density at radius 2 is 1.82 bits per heavy atom. The minimum Gasteiger partial charge on any atom is -0.508 e. The van der Waals surface area contributed by atoms with Crippen molar-refractivity contribution in [2.45, 2.75) is 24.5 Å². The summed E-state index contributed by atoms with van der Waals surface area (Å²) in [5, 5.41) is 43.7. The summed E-state index contributed by atoms with van der Waals surface area (Å²) in [6.45, 7) is 0. The molecule has 1 saturated carbocycles. The molecule has 1 fully saturated rings. The van der Waals surface area contributed by atoms with Crippen LogP contribution >= 0.6 is 0 Å². The number of esters is 1. The van der Waals surface area contributed by atoms with Gasteiger partial charge >= 0.3 is 5.97 Å². The van der Waals surface area contributed by atoms with E-state index in [9.17, 15) is 39.6 Å². The van der Waals surface area contributed by atoms with E-state index in [-0.39, 0.29) is 35.1 Å². The Morgan fingerprint density at radius 1 is 1.18 bits per heavy atom. The molecule has 0 aliphatic heterocycles. The van der Waals surface area contributed by atoms with Gasteiger partial charge in [-0.2, -0.15) is 0 Å². The van der Waals surface area contributed by atoms with Gasteiger partial charge in [-0.3, -0.25) is 19.3 Å². The van der Waals surface area contributed by atoms with Crippen LogP contribution in [0.2, 0.25) is 0 Å². The normalized spacial score (nSPS) is 28.4. The number of Topliss-reactive ketones (excluding diaryl/α,β-unsaturated/α-hetero) is 2. The number of primary amides is 1. The fourth-order valence-corrected chi connectivity index (χ4v) is 5.55. The molecule has 0 spiro atoms. The van der Waals surface area contributed by atoms with Gasteiger partial charge in [0.25, 0.3) is 5.91 Å². The van der Waals surface area contributed by atoms with Crippen LogP contribution in [0.4, 0.5) is 0 Å². The number of aromatic hydroxyl groups is 1. The van der Waals surface area contributed by atoms with Crippen LogP contribution in [0.25, 0.3) is 5.76 Å². The molecule has 180 valence electrons. The summed E-state index contributed by atoms with van der Waals surface area (Å²) < 4.78 is 4.79. The summed E-state index contributed by atoms with van der Waals surface area (Å²) in [6.07, 6.45) is -0.0601. The molecular formula is C23H24N2O9. The van der Waals surface area contributed by atoms with Crippen LogP contribution in [-0.4, -0.2) is 81.6 Å². The van der Waals surface area contributed by atoms with Crippen molar-refractivity contribution < 1.29 is 44.3 Å². The molecule has 1 amide bonds. The Balaban J connectivity index is 1.99. The molecule has 11 nitrogen and oxygen atoms in total. The number of fused-ring (bicyclic) bond motifs is 3. The third-order valence-corrected chi connectivity index (χ3v) is 7.01. The monoisotopic (exact) mass is 472 g/mol. The zero-order chi connectivity index (χ0) is 25.3. The van der Waals surface area contributed by atoms with Crippen molar-refractivity contribution >= 4 is 29.2 Å². The average molecular weight is 472 g/mol.